The molecule has 0 spiro atoms. The van der Waals surface area contributed by atoms with Crippen molar-refractivity contribution in [1.29, 1.82) is 0 Å². The highest BCUT2D eigenvalue weighted by molar-refractivity contribution is 5.74. The summed E-state index contributed by atoms with van der Waals surface area (Å²) in [6, 6.07) is 0. The Kier molecular flexibility index (Phi) is 3.02. The normalized spacial score (nSPS) is 13.1. The molecule has 0 radical (unpaired) electrons. The maximum Gasteiger partial charge on any atom is 0.129 e. The van der Waals surface area contributed by atoms with Crippen LogP contribution >= 0.6 is 0 Å². The van der Waals surface area contributed by atoms with Crippen LogP contribution < -0.4 is 0 Å². The van der Waals surface area contributed by atoms with E-state index >= 15 is 0 Å². The van der Waals surface area contributed by atoms with E-state index in [-0.39, 0.29) is 5.76 Å². The Morgan fingerprint density at radius 2 is 2.29 bits per heavy atom. The maximum atomic E-state index is 8.57. The monoisotopic (exact) mass is 99.1 g/mol. The van der Waals surface area contributed by atoms with E-state index in [0.717, 1.165) is 0 Å². The van der Waals surface area contributed by atoms with Crippen LogP contribution in [0.2, 0.25) is 0 Å². The lowest BCUT2D eigenvalue weighted by Gasteiger charge is -1.80. The minimum absolute atomic E-state index is 0.211. The molecule has 0 atom stereocenters. The van der Waals surface area contributed by atoms with E-state index in [0.29, 0.717) is 0 Å². The van der Waals surface area contributed by atoms with Crippen LogP contribution in [-0.4, -0.2) is 18.4 Å². The van der Waals surface area contributed by atoms with Crippen LogP contribution in [0.3, 0.4) is 0 Å². The van der Waals surface area contributed by atoms with Gasteiger partial charge in [-0.15, -0.1) is 0 Å². The maximum absolute atomic E-state index is 8.57. The van der Waals surface area contributed by atoms with E-state index in [9.17, 15) is 0 Å². The fourth-order valence-corrected chi connectivity index (χ4v) is 0.207. The lowest BCUT2D eigenvalue weighted by molar-refractivity contribution is 0.445. The SMILES string of the molecule is C/C=C(/O)C=NC. The van der Waals surface area contributed by atoms with Gasteiger partial charge in [-0.3, -0.25) is 4.99 Å². The van der Waals surface area contributed by atoms with Crippen molar-refractivity contribution >= 4 is 6.21 Å². The van der Waals surface area contributed by atoms with E-state index in [1.165, 1.54) is 6.21 Å². The first-order chi connectivity index (χ1) is 3.31. The zero-order valence-electron chi connectivity index (χ0n) is 4.55. The van der Waals surface area contributed by atoms with E-state index < -0.39 is 0 Å². The molecule has 0 aromatic heterocycles. The highest BCUT2D eigenvalue weighted by Crippen LogP contribution is 1.77. The molecule has 1 N–H and O–H groups in total. The van der Waals surface area contributed by atoms with Crippen molar-refractivity contribution in [3.8, 4) is 0 Å². The van der Waals surface area contributed by atoms with Crippen molar-refractivity contribution in [3.05, 3.63) is 11.8 Å². The van der Waals surface area contributed by atoms with Gasteiger partial charge in [0.15, 0.2) is 0 Å². The summed E-state index contributed by atoms with van der Waals surface area (Å²) in [6.45, 7) is 1.75. The van der Waals surface area contributed by atoms with Gasteiger partial charge in [0.1, 0.15) is 5.76 Å². The fourth-order valence-electron chi connectivity index (χ4n) is 0.207. The van der Waals surface area contributed by atoms with Crippen molar-refractivity contribution < 1.29 is 5.11 Å². The van der Waals surface area contributed by atoms with Crippen LogP contribution in [0.15, 0.2) is 16.8 Å². The molecule has 0 aliphatic heterocycles. The molecule has 0 fully saturated rings. The summed E-state index contributed by atoms with van der Waals surface area (Å²) in [4.78, 5) is 3.56. The Balaban J connectivity index is 3.58. The molecule has 0 aliphatic rings. The van der Waals surface area contributed by atoms with E-state index in [2.05, 4.69) is 4.99 Å². The molecule has 0 bridgehead atoms. The number of allylic oxidation sites excluding steroid dienone is 2. The molecule has 0 aliphatic carbocycles. The molecule has 2 nitrogen and oxygen atoms in total. The molecule has 0 aromatic rings. The highest BCUT2D eigenvalue weighted by Gasteiger charge is 1.74. The molecule has 0 rings (SSSR count). The highest BCUT2D eigenvalue weighted by atomic mass is 16.3. The van der Waals surface area contributed by atoms with Crippen molar-refractivity contribution in [3.63, 3.8) is 0 Å². The molecular weight excluding hydrogens is 90.1 g/mol. The Hall–Kier alpha value is -0.790. The van der Waals surface area contributed by atoms with Crippen LogP contribution in [0.25, 0.3) is 0 Å². The first kappa shape index (κ1) is 6.21. The number of hydrogen-bond acceptors (Lipinski definition) is 2. The van der Waals surface area contributed by atoms with Gasteiger partial charge < -0.3 is 5.11 Å². The van der Waals surface area contributed by atoms with Crippen molar-refractivity contribution in [2.75, 3.05) is 7.05 Å². The zero-order valence-corrected chi connectivity index (χ0v) is 4.55. The van der Waals surface area contributed by atoms with Crippen LogP contribution in [0.4, 0.5) is 0 Å². The quantitative estimate of drug-likeness (QED) is 0.388. The Morgan fingerprint density at radius 3 is 2.43 bits per heavy atom. The summed E-state index contributed by atoms with van der Waals surface area (Å²) in [5.41, 5.74) is 0. The summed E-state index contributed by atoms with van der Waals surface area (Å²) in [5.74, 6) is 0.211. The lowest BCUT2D eigenvalue weighted by Crippen LogP contribution is -1.77. The average molecular weight is 99.1 g/mol. The number of aliphatic hydroxyl groups is 1. The number of aliphatic hydroxyl groups excluding tert-OH is 1. The molecule has 0 saturated heterocycles. The van der Waals surface area contributed by atoms with Gasteiger partial charge in [0.2, 0.25) is 0 Å². The second-order valence-corrected chi connectivity index (χ2v) is 1.10. The third-order valence-corrected chi connectivity index (χ3v) is 0.557. The molecule has 40 valence electrons. The second kappa shape index (κ2) is 3.40. The summed E-state index contributed by atoms with van der Waals surface area (Å²) in [6.07, 6.45) is 2.97. The fraction of sp³-hybridized carbons (Fsp3) is 0.400. The molecule has 0 unspecified atom stereocenters. The topological polar surface area (TPSA) is 32.6 Å². The van der Waals surface area contributed by atoms with Gasteiger partial charge in [-0.05, 0) is 13.0 Å². The minimum atomic E-state index is 0.211. The number of hydrogen-bond donors (Lipinski definition) is 1. The Bertz CT molecular complexity index is 94.3. The van der Waals surface area contributed by atoms with Crippen molar-refractivity contribution in [2.24, 2.45) is 4.99 Å². The summed E-state index contributed by atoms with van der Waals surface area (Å²) in [5, 5.41) is 8.57. The second-order valence-electron chi connectivity index (χ2n) is 1.10. The van der Waals surface area contributed by atoms with Gasteiger partial charge in [-0.2, -0.15) is 0 Å². The van der Waals surface area contributed by atoms with Crippen LogP contribution in [0.5, 0.6) is 0 Å². The van der Waals surface area contributed by atoms with Crippen LogP contribution in [0, 0.1) is 0 Å². The zero-order chi connectivity index (χ0) is 5.70. The van der Waals surface area contributed by atoms with Crippen molar-refractivity contribution in [2.45, 2.75) is 6.92 Å². The molecule has 0 aromatic carbocycles. The smallest absolute Gasteiger partial charge is 0.129 e. The molecule has 0 saturated carbocycles. The summed E-state index contributed by atoms with van der Waals surface area (Å²) in [7, 11) is 1.61. The number of nitrogens with zero attached hydrogens (tertiary/aromatic N) is 1. The Morgan fingerprint density at radius 1 is 1.71 bits per heavy atom. The third kappa shape index (κ3) is 3.03. The largest absolute Gasteiger partial charge is 0.507 e. The third-order valence-electron chi connectivity index (χ3n) is 0.557. The van der Waals surface area contributed by atoms with Gasteiger partial charge in [0.05, 0.1) is 6.21 Å². The first-order valence-electron chi connectivity index (χ1n) is 2.08. The van der Waals surface area contributed by atoms with Crippen LogP contribution in [-0.2, 0) is 0 Å². The van der Waals surface area contributed by atoms with Gasteiger partial charge in [0.25, 0.3) is 0 Å². The van der Waals surface area contributed by atoms with Crippen LogP contribution in [0.1, 0.15) is 6.92 Å². The van der Waals surface area contributed by atoms with E-state index in [4.69, 9.17) is 5.11 Å². The van der Waals surface area contributed by atoms with Gasteiger partial charge in [0, 0.05) is 7.05 Å². The lowest BCUT2D eigenvalue weighted by atomic mass is 10.5. The molecule has 2 heteroatoms. The minimum Gasteiger partial charge on any atom is -0.507 e. The Labute approximate surface area is 43.2 Å². The standard InChI is InChI=1S/C5H9NO/c1-3-5(7)4-6-2/h3-4,7H,1-2H3/b5-3+,6-4?. The summed E-state index contributed by atoms with van der Waals surface area (Å²) < 4.78 is 0. The van der Waals surface area contributed by atoms with Gasteiger partial charge in [-0.25, -0.2) is 0 Å². The van der Waals surface area contributed by atoms with Gasteiger partial charge in [-0.1, -0.05) is 0 Å². The van der Waals surface area contributed by atoms with E-state index in [1.807, 2.05) is 0 Å². The van der Waals surface area contributed by atoms with Crippen molar-refractivity contribution in [1.82, 2.24) is 0 Å². The molecule has 0 heterocycles. The van der Waals surface area contributed by atoms with E-state index in [1.54, 1.807) is 20.0 Å². The number of rotatable bonds is 1. The van der Waals surface area contributed by atoms with Gasteiger partial charge >= 0.3 is 0 Å². The predicted molar refractivity (Wildman–Crippen MR) is 30.8 cm³/mol. The predicted octanol–water partition coefficient (Wildman–Crippen LogP) is 1.15. The molecule has 7 heavy (non-hydrogen) atoms. The first-order valence-corrected chi connectivity index (χ1v) is 2.08. The summed E-state index contributed by atoms with van der Waals surface area (Å²) >= 11 is 0. The average Bonchev–Trinajstić information content (AvgIpc) is 1.68. The molecule has 0 amide bonds. The molecular formula is C5H9NO. The number of aliphatic imine (C=N–C) groups is 1.